The fraction of sp³-hybridized carbons (Fsp3) is 0.867. The number of hydrogen-bond donors (Lipinski definition) is 0. The Balaban J connectivity index is 5.01. The first kappa shape index (κ1) is 19.3. The van der Waals surface area contributed by atoms with Crippen molar-refractivity contribution in [3.63, 3.8) is 0 Å². The molecule has 0 aromatic carbocycles. The second kappa shape index (κ2) is 7.36. The lowest BCUT2D eigenvalue weighted by molar-refractivity contribution is -0.152. The number of ketones is 1. The van der Waals surface area contributed by atoms with Crippen LogP contribution in [-0.4, -0.2) is 33.3 Å². The quantitative estimate of drug-likeness (QED) is 0.410. The maximum atomic E-state index is 11.8. The zero-order chi connectivity index (χ0) is 16.1. The highest BCUT2D eigenvalue weighted by Crippen LogP contribution is 2.38. The number of carbonyl (C=O) groups is 2. The van der Waals surface area contributed by atoms with Gasteiger partial charge in [0, 0.05) is 6.42 Å². The maximum Gasteiger partial charge on any atom is 0.374 e. The van der Waals surface area contributed by atoms with E-state index in [1.165, 1.54) is 7.11 Å². The topological polar surface area (TPSA) is 52.6 Å². The van der Waals surface area contributed by atoms with Crippen LogP contribution in [-0.2, 0) is 18.8 Å². The van der Waals surface area contributed by atoms with E-state index in [0.29, 0.717) is 0 Å². The molecule has 0 saturated carbocycles. The summed E-state index contributed by atoms with van der Waals surface area (Å²) in [4.78, 5) is 23.1. The number of methoxy groups -OCH3 is 1. The molecular weight excluding hydrogens is 272 g/mol. The molecule has 2 atom stereocenters. The summed E-state index contributed by atoms with van der Waals surface area (Å²) in [5.41, 5.74) is 0. The lowest BCUT2D eigenvalue weighted by Gasteiger charge is -2.40. The summed E-state index contributed by atoms with van der Waals surface area (Å²) in [5, 5.41) is 0.0764. The van der Waals surface area contributed by atoms with Crippen LogP contribution in [0.4, 0.5) is 0 Å². The second-order valence-electron chi connectivity index (χ2n) is 6.92. The number of Topliss-reactive ketones (excluding diaryl/α,β-unsaturated/α-hetero) is 1. The van der Waals surface area contributed by atoms with E-state index < -0.39 is 20.1 Å². The third kappa shape index (κ3) is 5.36. The minimum Gasteiger partial charge on any atom is -0.463 e. The molecule has 0 unspecified atom stereocenters. The number of ether oxygens (including phenoxy) is 1. The highest BCUT2D eigenvalue weighted by Gasteiger charge is 2.40. The van der Waals surface area contributed by atoms with Gasteiger partial charge in [0.1, 0.15) is 0 Å². The molecule has 0 amide bonds. The highest BCUT2D eigenvalue weighted by molar-refractivity contribution is 6.74. The first-order valence-electron chi connectivity index (χ1n) is 7.25. The molecule has 5 heteroatoms. The van der Waals surface area contributed by atoms with Gasteiger partial charge in [0.25, 0.3) is 0 Å². The van der Waals surface area contributed by atoms with E-state index in [2.05, 4.69) is 52.4 Å². The number of hydrogen-bond acceptors (Lipinski definition) is 4. The minimum atomic E-state index is -1.96. The number of rotatable bonds is 7. The fourth-order valence-electron chi connectivity index (χ4n) is 1.56. The van der Waals surface area contributed by atoms with Crippen molar-refractivity contribution < 1.29 is 18.8 Å². The third-order valence-corrected chi connectivity index (χ3v) is 8.83. The van der Waals surface area contributed by atoms with Gasteiger partial charge >= 0.3 is 5.97 Å². The van der Waals surface area contributed by atoms with E-state index in [4.69, 9.17) is 4.43 Å². The molecule has 0 aliphatic carbocycles. The molecule has 0 saturated heterocycles. The summed E-state index contributed by atoms with van der Waals surface area (Å²) >= 11 is 0. The molecule has 4 nitrogen and oxygen atoms in total. The summed E-state index contributed by atoms with van der Waals surface area (Å²) in [6.07, 6.45) is 0.801. The van der Waals surface area contributed by atoms with E-state index in [9.17, 15) is 9.59 Å². The van der Waals surface area contributed by atoms with Gasteiger partial charge in [-0.05, 0) is 24.1 Å². The van der Waals surface area contributed by atoms with Crippen LogP contribution in [0.3, 0.4) is 0 Å². The Hall–Kier alpha value is -0.683. The van der Waals surface area contributed by atoms with Crippen molar-refractivity contribution in [2.75, 3.05) is 7.11 Å². The SMILES string of the molecule is CC[C@@H](C)[C@H](CC(=O)C(=O)OC)O[Si](C)(C)C(C)(C)C. The average Bonchev–Trinajstić information content (AvgIpc) is 2.34. The summed E-state index contributed by atoms with van der Waals surface area (Å²) < 4.78 is 10.8. The summed E-state index contributed by atoms with van der Waals surface area (Å²) in [6, 6.07) is 0. The molecule has 0 fully saturated rings. The Bertz CT molecular complexity index is 344. The fourth-order valence-corrected chi connectivity index (χ4v) is 2.98. The van der Waals surface area contributed by atoms with Gasteiger partial charge in [0.2, 0.25) is 5.78 Å². The van der Waals surface area contributed by atoms with E-state index in [-0.39, 0.29) is 23.5 Å². The predicted molar refractivity (Wildman–Crippen MR) is 83.2 cm³/mol. The molecule has 0 radical (unpaired) electrons. The highest BCUT2D eigenvalue weighted by atomic mass is 28.4. The Kier molecular flexibility index (Phi) is 7.11. The van der Waals surface area contributed by atoms with Crippen molar-refractivity contribution in [2.45, 2.75) is 71.7 Å². The second-order valence-corrected chi connectivity index (χ2v) is 11.7. The molecular formula is C15H30O4Si. The van der Waals surface area contributed by atoms with Gasteiger partial charge in [-0.1, -0.05) is 41.0 Å². The summed E-state index contributed by atoms with van der Waals surface area (Å²) in [7, 11) is -0.734. The first-order chi connectivity index (χ1) is 8.96. The van der Waals surface area contributed by atoms with Gasteiger partial charge < -0.3 is 9.16 Å². The minimum absolute atomic E-state index is 0.0764. The van der Waals surface area contributed by atoms with E-state index in [1.54, 1.807) is 0 Å². The van der Waals surface area contributed by atoms with Gasteiger partial charge in [-0.15, -0.1) is 0 Å². The molecule has 20 heavy (non-hydrogen) atoms. The molecule has 0 aromatic rings. The van der Waals surface area contributed by atoms with Gasteiger partial charge in [-0.25, -0.2) is 4.79 Å². The lowest BCUT2D eigenvalue weighted by atomic mass is 9.97. The number of carbonyl (C=O) groups excluding carboxylic acids is 2. The van der Waals surface area contributed by atoms with Crippen LogP contribution in [0.5, 0.6) is 0 Å². The van der Waals surface area contributed by atoms with Crippen LogP contribution in [0.25, 0.3) is 0 Å². The molecule has 0 aliphatic rings. The van der Waals surface area contributed by atoms with E-state index in [0.717, 1.165) is 6.42 Å². The average molecular weight is 302 g/mol. The largest absolute Gasteiger partial charge is 0.463 e. The van der Waals surface area contributed by atoms with Crippen LogP contribution in [0.1, 0.15) is 47.5 Å². The molecule has 118 valence electrons. The molecule has 0 aromatic heterocycles. The van der Waals surface area contributed by atoms with Crippen LogP contribution >= 0.6 is 0 Å². The first-order valence-corrected chi connectivity index (χ1v) is 10.2. The van der Waals surface area contributed by atoms with Crippen molar-refractivity contribution >= 4 is 20.1 Å². The van der Waals surface area contributed by atoms with Crippen molar-refractivity contribution in [1.29, 1.82) is 0 Å². The standard InChI is InChI=1S/C15H30O4Si/c1-9-11(2)13(10-12(16)14(17)18-6)19-20(7,8)15(3,4)5/h11,13H,9-10H2,1-8H3/t11-,13+/m1/s1. The molecule has 0 spiro atoms. The Labute approximate surface area is 124 Å². The number of esters is 1. The Morgan fingerprint density at radius 2 is 1.70 bits per heavy atom. The van der Waals surface area contributed by atoms with Gasteiger partial charge in [0.05, 0.1) is 13.2 Å². The van der Waals surface area contributed by atoms with Crippen LogP contribution in [0, 0.1) is 5.92 Å². The van der Waals surface area contributed by atoms with Crippen LogP contribution in [0.15, 0.2) is 0 Å². The molecule has 0 heterocycles. The van der Waals surface area contributed by atoms with Crippen LogP contribution < -0.4 is 0 Å². The Morgan fingerprint density at radius 1 is 1.20 bits per heavy atom. The van der Waals surface area contributed by atoms with Crippen molar-refractivity contribution in [2.24, 2.45) is 5.92 Å². The molecule has 0 N–H and O–H groups in total. The molecule has 0 aliphatic heterocycles. The lowest BCUT2D eigenvalue weighted by Crippen LogP contribution is -2.46. The summed E-state index contributed by atoms with van der Waals surface area (Å²) in [6.45, 7) is 14.9. The van der Waals surface area contributed by atoms with E-state index in [1.807, 2.05) is 0 Å². The van der Waals surface area contributed by atoms with Gasteiger partial charge in [-0.2, -0.15) is 0 Å². The normalized spacial score (nSPS) is 15.6. The van der Waals surface area contributed by atoms with E-state index >= 15 is 0 Å². The summed E-state index contributed by atoms with van der Waals surface area (Å²) in [5.74, 6) is -1.05. The maximum absolute atomic E-state index is 11.8. The van der Waals surface area contributed by atoms with Crippen molar-refractivity contribution in [3.05, 3.63) is 0 Å². The van der Waals surface area contributed by atoms with Crippen molar-refractivity contribution in [1.82, 2.24) is 0 Å². The molecule has 0 bridgehead atoms. The zero-order valence-corrected chi connectivity index (χ0v) is 15.2. The van der Waals surface area contributed by atoms with Crippen LogP contribution in [0.2, 0.25) is 18.1 Å². The predicted octanol–water partition coefficient (Wildman–Crippen LogP) is 3.56. The monoisotopic (exact) mass is 302 g/mol. The molecule has 0 rings (SSSR count). The van der Waals surface area contributed by atoms with Gasteiger partial charge in [-0.3, -0.25) is 4.79 Å². The zero-order valence-electron chi connectivity index (χ0n) is 14.2. The third-order valence-electron chi connectivity index (χ3n) is 4.33. The smallest absolute Gasteiger partial charge is 0.374 e. The Morgan fingerprint density at radius 3 is 2.05 bits per heavy atom. The van der Waals surface area contributed by atoms with Crippen molar-refractivity contribution in [3.8, 4) is 0 Å². The van der Waals surface area contributed by atoms with Gasteiger partial charge in [0.15, 0.2) is 8.32 Å².